The lowest BCUT2D eigenvalue weighted by Crippen LogP contribution is -2.25. The zero-order valence-electron chi connectivity index (χ0n) is 16.2. The first-order chi connectivity index (χ1) is 13.1. The lowest BCUT2D eigenvalue weighted by Gasteiger charge is -2.16. The minimum atomic E-state index is -0.0764. The molecular formula is C20H25N3O2S2. The molecule has 0 atom stereocenters. The number of benzene rings is 1. The van der Waals surface area contributed by atoms with Gasteiger partial charge < -0.3 is 14.6 Å². The second-order valence-electron chi connectivity index (χ2n) is 6.19. The van der Waals surface area contributed by atoms with Gasteiger partial charge in [0.2, 0.25) is 0 Å². The van der Waals surface area contributed by atoms with E-state index in [1.807, 2.05) is 31.2 Å². The molecular weight excluding hydrogens is 378 g/mol. The van der Waals surface area contributed by atoms with Crippen molar-refractivity contribution in [2.45, 2.75) is 25.9 Å². The number of methoxy groups -OCH3 is 1. The predicted octanol–water partition coefficient (Wildman–Crippen LogP) is 4.40. The first kappa shape index (κ1) is 19.9. The Labute approximate surface area is 167 Å². The first-order valence-electron chi connectivity index (χ1n) is 9.10. The zero-order chi connectivity index (χ0) is 19.4. The van der Waals surface area contributed by atoms with E-state index >= 15 is 0 Å². The van der Waals surface area contributed by atoms with E-state index in [2.05, 4.69) is 23.7 Å². The monoisotopic (exact) mass is 403 g/mol. The van der Waals surface area contributed by atoms with Crippen LogP contribution in [0.15, 0.2) is 34.2 Å². The smallest absolute Gasteiger partial charge is 0.260 e. The number of H-pyrrole nitrogens is 1. The highest BCUT2D eigenvalue weighted by Crippen LogP contribution is 2.37. The Morgan fingerprint density at radius 3 is 2.78 bits per heavy atom. The van der Waals surface area contributed by atoms with Crippen LogP contribution >= 0.6 is 23.1 Å². The molecule has 0 saturated carbocycles. The molecule has 3 aromatic rings. The third kappa shape index (κ3) is 4.36. The Bertz CT molecular complexity index is 977. The molecule has 3 rings (SSSR count). The van der Waals surface area contributed by atoms with Crippen molar-refractivity contribution in [3.63, 3.8) is 0 Å². The zero-order valence-corrected chi connectivity index (χ0v) is 17.8. The molecule has 5 nitrogen and oxygen atoms in total. The average Bonchev–Trinajstić information content (AvgIpc) is 3.01. The second-order valence-corrected chi connectivity index (χ2v) is 8.48. The summed E-state index contributed by atoms with van der Waals surface area (Å²) in [5, 5.41) is 1.36. The summed E-state index contributed by atoms with van der Waals surface area (Å²) in [6, 6.07) is 7.81. The van der Waals surface area contributed by atoms with Crippen molar-refractivity contribution in [1.29, 1.82) is 0 Å². The normalized spacial score (nSPS) is 11.4. The molecule has 2 aromatic heterocycles. The average molecular weight is 404 g/mol. The maximum Gasteiger partial charge on any atom is 0.260 e. The van der Waals surface area contributed by atoms with Crippen molar-refractivity contribution in [3.8, 4) is 16.9 Å². The van der Waals surface area contributed by atoms with Crippen LogP contribution in [0.4, 0.5) is 0 Å². The Morgan fingerprint density at radius 1 is 1.30 bits per heavy atom. The maximum atomic E-state index is 12.8. The van der Waals surface area contributed by atoms with E-state index in [0.29, 0.717) is 10.5 Å². The molecule has 0 aliphatic heterocycles. The summed E-state index contributed by atoms with van der Waals surface area (Å²) in [5.41, 5.74) is 1.85. The number of hydrogen-bond acceptors (Lipinski definition) is 6. The number of nitrogens with zero attached hydrogens (tertiary/aromatic N) is 2. The Kier molecular flexibility index (Phi) is 6.57. The number of aryl methyl sites for hydroxylation is 1. The Hall–Kier alpha value is -1.83. The van der Waals surface area contributed by atoms with Crippen LogP contribution in [0.1, 0.15) is 18.7 Å². The fourth-order valence-electron chi connectivity index (χ4n) is 3.11. The van der Waals surface area contributed by atoms with Gasteiger partial charge in [0.1, 0.15) is 10.6 Å². The van der Waals surface area contributed by atoms with Crippen LogP contribution in [0, 0.1) is 6.92 Å². The fourth-order valence-corrected chi connectivity index (χ4v) is 5.07. The van der Waals surface area contributed by atoms with Crippen LogP contribution in [-0.2, 0) is 0 Å². The lowest BCUT2D eigenvalue weighted by atomic mass is 10.0. The molecule has 0 fully saturated rings. The minimum absolute atomic E-state index is 0.0764. The summed E-state index contributed by atoms with van der Waals surface area (Å²) in [6.45, 7) is 9.41. The molecule has 144 valence electrons. The molecule has 0 radical (unpaired) electrons. The van der Waals surface area contributed by atoms with E-state index in [0.717, 1.165) is 52.0 Å². The summed E-state index contributed by atoms with van der Waals surface area (Å²) in [5.74, 6) is 1.68. The van der Waals surface area contributed by atoms with Crippen molar-refractivity contribution in [1.82, 2.24) is 14.9 Å². The first-order valence-corrected chi connectivity index (χ1v) is 10.9. The molecule has 0 spiro atoms. The SMILES string of the molecule is CCN(CC)CCSc1nc2sc(C)c(-c3cccc(OC)c3)c2c(=O)[nH]1. The van der Waals surface area contributed by atoms with E-state index in [9.17, 15) is 4.79 Å². The highest BCUT2D eigenvalue weighted by Gasteiger charge is 2.17. The highest BCUT2D eigenvalue weighted by atomic mass is 32.2. The van der Waals surface area contributed by atoms with Gasteiger partial charge in [-0.3, -0.25) is 4.79 Å². The van der Waals surface area contributed by atoms with Gasteiger partial charge >= 0.3 is 0 Å². The van der Waals surface area contributed by atoms with Crippen molar-refractivity contribution < 1.29 is 4.74 Å². The number of aromatic nitrogens is 2. The van der Waals surface area contributed by atoms with Crippen molar-refractivity contribution >= 4 is 33.3 Å². The highest BCUT2D eigenvalue weighted by molar-refractivity contribution is 7.99. The van der Waals surface area contributed by atoms with Gasteiger partial charge in [0, 0.05) is 22.7 Å². The molecule has 1 aromatic carbocycles. The largest absolute Gasteiger partial charge is 0.497 e. The number of hydrogen-bond donors (Lipinski definition) is 1. The lowest BCUT2D eigenvalue weighted by molar-refractivity contribution is 0.324. The van der Waals surface area contributed by atoms with Crippen LogP contribution in [0.3, 0.4) is 0 Å². The van der Waals surface area contributed by atoms with E-state index in [-0.39, 0.29) is 5.56 Å². The van der Waals surface area contributed by atoms with Gasteiger partial charge in [-0.15, -0.1) is 11.3 Å². The van der Waals surface area contributed by atoms with Gasteiger partial charge in [0.25, 0.3) is 5.56 Å². The van der Waals surface area contributed by atoms with E-state index in [1.54, 1.807) is 30.2 Å². The van der Waals surface area contributed by atoms with Crippen LogP contribution in [-0.4, -0.2) is 47.4 Å². The van der Waals surface area contributed by atoms with Crippen LogP contribution in [0.5, 0.6) is 5.75 Å². The van der Waals surface area contributed by atoms with Crippen LogP contribution < -0.4 is 10.3 Å². The molecule has 0 unspecified atom stereocenters. The van der Waals surface area contributed by atoms with Gasteiger partial charge in [-0.05, 0) is 37.7 Å². The number of thiophene rings is 1. The number of aromatic amines is 1. The fraction of sp³-hybridized carbons (Fsp3) is 0.400. The summed E-state index contributed by atoms with van der Waals surface area (Å²) in [6.07, 6.45) is 0. The summed E-state index contributed by atoms with van der Waals surface area (Å²) < 4.78 is 5.33. The Morgan fingerprint density at radius 2 is 2.07 bits per heavy atom. The van der Waals surface area contributed by atoms with E-state index < -0.39 is 0 Å². The maximum absolute atomic E-state index is 12.8. The Balaban J connectivity index is 1.93. The third-order valence-corrected chi connectivity index (χ3v) is 6.47. The van der Waals surface area contributed by atoms with E-state index in [4.69, 9.17) is 9.72 Å². The number of rotatable bonds is 8. The number of nitrogens with one attached hydrogen (secondary N) is 1. The molecule has 0 aliphatic rings. The summed E-state index contributed by atoms with van der Waals surface area (Å²) in [7, 11) is 1.65. The minimum Gasteiger partial charge on any atom is -0.497 e. The molecule has 1 N–H and O–H groups in total. The molecule has 2 heterocycles. The second kappa shape index (κ2) is 8.91. The van der Waals surface area contributed by atoms with E-state index in [1.165, 1.54) is 0 Å². The molecule has 0 bridgehead atoms. The molecule has 27 heavy (non-hydrogen) atoms. The van der Waals surface area contributed by atoms with Crippen molar-refractivity contribution in [2.75, 3.05) is 32.5 Å². The van der Waals surface area contributed by atoms with Crippen LogP contribution in [0.25, 0.3) is 21.3 Å². The van der Waals surface area contributed by atoms with Gasteiger partial charge in [-0.2, -0.15) is 0 Å². The standard InChI is InChI=1S/C20H25N3O2S2/c1-5-23(6-2)10-11-26-20-21-18(24)17-16(13(3)27-19(17)22-20)14-8-7-9-15(12-14)25-4/h7-9,12H,5-6,10-11H2,1-4H3,(H,21,22,24). The molecule has 7 heteroatoms. The topological polar surface area (TPSA) is 58.2 Å². The van der Waals surface area contributed by atoms with Crippen LogP contribution in [0.2, 0.25) is 0 Å². The number of fused-ring (bicyclic) bond motifs is 1. The quantitative estimate of drug-likeness (QED) is 0.446. The predicted molar refractivity (Wildman–Crippen MR) is 115 cm³/mol. The van der Waals surface area contributed by atoms with Gasteiger partial charge in [-0.25, -0.2) is 4.98 Å². The summed E-state index contributed by atoms with van der Waals surface area (Å²) in [4.78, 5) is 24.7. The van der Waals surface area contributed by atoms with Crippen molar-refractivity contribution in [3.05, 3.63) is 39.5 Å². The van der Waals surface area contributed by atoms with Gasteiger partial charge in [0.15, 0.2) is 5.16 Å². The van der Waals surface area contributed by atoms with Gasteiger partial charge in [0.05, 0.1) is 12.5 Å². The summed E-state index contributed by atoms with van der Waals surface area (Å²) >= 11 is 3.17. The number of ether oxygens (including phenoxy) is 1. The molecule has 0 amide bonds. The van der Waals surface area contributed by atoms with Gasteiger partial charge in [-0.1, -0.05) is 37.7 Å². The number of thioether (sulfide) groups is 1. The van der Waals surface area contributed by atoms with Crippen molar-refractivity contribution in [2.24, 2.45) is 0 Å². The third-order valence-electron chi connectivity index (χ3n) is 4.62. The molecule has 0 saturated heterocycles. The molecule has 0 aliphatic carbocycles.